The van der Waals surface area contributed by atoms with Gasteiger partial charge >= 0.3 is 0 Å². The molecular formula is C27H22ClN5O3. The van der Waals surface area contributed by atoms with Crippen molar-refractivity contribution in [3.63, 3.8) is 0 Å². The number of halogens is 1. The Morgan fingerprint density at radius 1 is 0.972 bits per heavy atom. The number of hydrogen-bond acceptors (Lipinski definition) is 6. The van der Waals surface area contributed by atoms with Crippen molar-refractivity contribution in [3.8, 4) is 39.4 Å². The molecule has 5 aromatic rings. The van der Waals surface area contributed by atoms with Crippen molar-refractivity contribution in [1.82, 2.24) is 24.8 Å². The molecule has 2 aromatic heterocycles. The summed E-state index contributed by atoms with van der Waals surface area (Å²) >= 11 is 6.30. The lowest BCUT2D eigenvalue weighted by atomic mass is 9.99. The third-order valence-electron chi connectivity index (χ3n) is 6.10. The van der Waals surface area contributed by atoms with Gasteiger partial charge in [0.25, 0.3) is 5.56 Å². The van der Waals surface area contributed by atoms with E-state index in [1.54, 1.807) is 54.3 Å². The Morgan fingerprint density at radius 3 is 2.50 bits per heavy atom. The Balaban J connectivity index is 1.57. The van der Waals surface area contributed by atoms with Crippen LogP contribution in [0.25, 0.3) is 27.9 Å². The van der Waals surface area contributed by atoms with E-state index in [0.29, 0.717) is 27.6 Å². The van der Waals surface area contributed by atoms with Gasteiger partial charge in [-0.1, -0.05) is 41.9 Å². The minimum Gasteiger partial charge on any atom is -0.508 e. The highest BCUT2D eigenvalue weighted by molar-refractivity contribution is 6.31. The number of ether oxygens (including phenoxy) is 1. The molecule has 9 heteroatoms. The number of pyridine rings is 1. The van der Waals surface area contributed by atoms with Crippen LogP contribution < -0.4 is 10.3 Å². The van der Waals surface area contributed by atoms with E-state index in [0.717, 1.165) is 16.7 Å². The Bertz CT molecular complexity index is 1580. The molecule has 0 aliphatic rings. The van der Waals surface area contributed by atoms with Crippen LogP contribution in [0.5, 0.6) is 11.5 Å². The molecule has 2 heterocycles. The summed E-state index contributed by atoms with van der Waals surface area (Å²) in [6.07, 6.45) is 3.18. The number of aromatic hydroxyl groups is 1. The van der Waals surface area contributed by atoms with Crippen LogP contribution in [0.15, 0.2) is 90.1 Å². The number of phenolic OH excluding ortho intramolecular Hbond substituents is 1. The number of tetrazole rings is 1. The first-order valence-electron chi connectivity index (χ1n) is 11.2. The van der Waals surface area contributed by atoms with Crippen LogP contribution in [0, 0.1) is 0 Å². The van der Waals surface area contributed by atoms with Crippen molar-refractivity contribution < 1.29 is 9.84 Å². The maximum Gasteiger partial charge on any atom is 0.251 e. The van der Waals surface area contributed by atoms with Gasteiger partial charge in [-0.3, -0.25) is 4.79 Å². The van der Waals surface area contributed by atoms with Crippen LogP contribution in [0.3, 0.4) is 0 Å². The van der Waals surface area contributed by atoms with Crippen molar-refractivity contribution in [1.29, 1.82) is 0 Å². The lowest BCUT2D eigenvalue weighted by Crippen LogP contribution is -2.23. The zero-order valence-corrected chi connectivity index (χ0v) is 20.3. The van der Waals surface area contributed by atoms with Gasteiger partial charge in [-0.2, -0.15) is 4.68 Å². The smallest absolute Gasteiger partial charge is 0.251 e. The Labute approximate surface area is 212 Å². The molecule has 0 saturated heterocycles. The fraction of sp³-hybridized carbons (Fsp3) is 0.111. The fourth-order valence-electron chi connectivity index (χ4n) is 4.19. The minimum absolute atomic E-state index is 0.198. The fourth-order valence-corrected chi connectivity index (χ4v) is 4.36. The van der Waals surface area contributed by atoms with Crippen LogP contribution in [0.2, 0.25) is 5.02 Å². The molecule has 3 aromatic carbocycles. The number of nitrogens with zero attached hydrogens (tertiary/aromatic N) is 5. The van der Waals surface area contributed by atoms with Gasteiger partial charge in [-0.15, -0.1) is 5.10 Å². The summed E-state index contributed by atoms with van der Waals surface area (Å²) in [4.78, 5) is 13.4. The summed E-state index contributed by atoms with van der Waals surface area (Å²) in [6, 6.07) is 21.5. The molecule has 0 radical (unpaired) electrons. The van der Waals surface area contributed by atoms with E-state index < -0.39 is 0 Å². The second-order valence-corrected chi connectivity index (χ2v) is 8.70. The average molecular weight is 500 g/mol. The Hall–Kier alpha value is -4.43. The van der Waals surface area contributed by atoms with Gasteiger partial charge in [0.15, 0.2) is 0 Å². The van der Waals surface area contributed by atoms with Crippen molar-refractivity contribution in [2.24, 2.45) is 0 Å². The predicted octanol–water partition coefficient (Wildman–Crippen LogP) is 5.13. The third-order valence-corrected chi connectivity index (χ3v) is 6.33. The van der Waals surface area contributed by atoms with Crippen LogP contribution in [-0.2, 0) is 0 Å². The van der Waals surface area contributed by atoms with Crippen LogP contribution in [-0.4, -0.2) is 37.0 Å². The number of rotatable bonds is 6. The molecule has 0 aliphatic carbocycles. The molecule has 5 rings (SSSR count). The van der Waals surface area contributed by atoms with Gasteiger partial charge in [0, 0.05) is 22.2 Å². The zero-order chi connectivity index (χ0) is 25.2. The van der Waals surface area contributed by atoms with E-state index in [2.05, 4.69) is 15.5 Å². The zero-order valence-electron chi connectivity index (χ0n) is 19.5. The van der Waals surface area contributed by atoms with Gasteiger partial charge in [0.2, 0.25) is 0 Å². The molecule has 1 N–H and O–H groups in total. The second kappa shape index (κ2) is 9.67. The second-order valence-electron chi connectivity index (χ2n) is 8.27. The van der Waals surface area contributed by atoms with Crippen molar-refractivity contribution in [2.75, 3.05) is 7.11 Å². The topological polar surface area (TPSA) is 95.1 Å². The summed E-state index contributed by atoms with van der Waals surface area (Å²) in [5.41, 5.74) is 4.62. The summed E-state index contributed by atoms with van der Waals surface area (Å²) < 4.78 is 8.86. The Morgan fingerprint density at radius 2 is 1.78 bits per heavy atom. The van der Waals surface area contributed by atoms with Crippen LogP contribution in [0.4, 0.5) is 0 Å². The van der Waals surface area contributed by atoms with Gasteiger partial charge in [0.1, 0.15) is 17.8 Å². The largest absolute Gasteiger partial charge is 0.508 e. The summed E-state index contributed by atoms with van der Waals surface area (Å²) in [5, 5.41) is 21.5. The summed E-state index contributed by atoms with van der Waals surface area (Å²) in [7, 11) is 1.56. The predicted molar refractivity (Wildman–Crippen MR) is 138 cm³/mol. The lowest BCUT2D eigenvalue weighted by molar-refractivity contribution is 0.408. The molecule has 0 bridgehead atoms. The highest BCUT2D eigenvalue weighted by atomic mass is 35.5. The van der Waals surface area contributed by atoms with Gasteiger partial charge < -0.3 is 14.4 Å². The first-order valence-corrected chi connectivity index (χ1v) is 11.5. The van der Waals surface area contributed by atoms with Crippen molar-refractivity contribution in [2.45, 2.75) is 13.0 Å². The first kappa shape index (κ1) is 23.3. The van der Waals surface area contributed by atoms with Crippen molar-refractivity contribution >= 4 is 11.6 Å². The van der Waals surface area contributed by atoms with E-state index >= 15 is 0 Å². The summed E-state index contributed by atoms with van der Waals surface area (Å²) in [5.74, 6) is 0.720. The molecule has 0 spiro atoms. The monoisotopic (exact) mass is 499 g/mol. The maximum atomic E-state index is 13.4. The van der Waals surface area contributed by atoms with Gasteiger partial charge in [-0.25, -0.2) is 0 Å². The van der Waals surface area contributed by atoms with Gasteiger partial charge in [-0.05, 0) is 70.4 Å². The molecule has 1 unspecified atom stereocenters. The molecule has 0 fully saturated rings. The number of hydrogen-bond donors (Lipinski definition) is 1. The summed E-state index contributed by atoms with van der Waals surface area (Å²) in [6.45, 7) is 1.96. The number of aromatic nitrogens is 5. The normalized spacial score (nSPS) is 11.9. The molecule has 180 valence electrons. The maximum absolute atomic E-state index is 13.4. The molecule has 0 amide bonds. The minimum atomic E-state index is -0.268. The van der Waals surface area contributed by atoms with E-state index in [9.17, 15) is 9.90 Å². The van der Waals surface area contributed by atoms with Gasteiger partial charge in [0.05, 0.1) is 25.0 Å². The van der Waals surface area contributed by atoms with E-state index in [-0.39, 0.29) is 17.4 Å². The SMILES string of the molecule is COc1cn(C(C)c2cccc(-c3ccc(O)cc3)c2)c(=O)cc1-c1cc(Cl)ccc1-n1cnnn1. The molecule has 0 aliphatic heterocycles. The molecule has 36 heavy (non-hydrogen) atoms. The van der Waals surface area contributed by atoms with Crippen molar-refractivity contribution in [3.05, 3.63) is 106 Å². The standard InChI is InChI=1S/C27H22ClN5O3/c1-17(19-4-3-5-20(12-19)18-6-9-22(34)10-7-18)32-15-26(36-2)24(14-27(32)35)23-13-21(28)8-11-25(23)33-16-29-30-31-33/h3-17,34H,1-2H3. The Kier molecular flexibility index (Phi) is 6.26. The van der Waals surface area contributed by atoms with E-state index in [1.807, 2.05) is 43.3 Å². The number of phenols is 1. The lowest BCUT2D eigenvalue weighted by Gasteiger charge is -2.20. The molecule has 1 atom stereocenters. The quantitative estimate of drug-likeness (QED) is 0.348. The van der Waals surface area contributed by atoms with Crippen LogP contribution in [0.1, 0.15) is 18.5 Å². The number of benzene rings is 3. The first-order chi connectivity index (χ1) is 17.4. The molecule has 8 nitrogen and oxygen atoms in total. The van der Waals surface area contributed by atoms with E-state index in [4.69, 9.17) is 16.3 Å². The van der Waals surface area contributed by atoms with Crippen LogP contribution >= 0.6 is 11.6 Å². The average Bonchev–Trinajstić information content (AvgIpc) is 3.43. The highest BCUT2D eigenvalue weighted by Crippen LogP contribution is 2.35. The number of methoxy groups -OCH3 is 1. The third kappa shape index (κ3) is 4.46. The molecule has 0 saturated carbocycles. The van der Waals surface area contributed by atoms with E-state index in [1.165, 1.54) is 11.0 Å². The molecular weight excluding hydrogens is 478 g/mol. The highest BCUT2D eigenvalue weighted by Gasteiger charge is 2.18.